The minimum Gasteiger partial charge on any atom is -0.455 e. The molecule has 68 valence electrons. The summed E-state index contributed by atoms with van der Waals surface area (Å²) in [5, 5.41) is 0.595. The molecule has 0 unspecified atom stereocenters. The Hall–Kier alpha value is -1.38. The number of rotatable bonds is 1. The molecule has 0 atom stereocenters. The molecule has 13 heavy (non-hydrogen) atoms. The van der Waals surface area contributed by atoms with E-state index in [1.807, 2.05) is 0 Å². The van der Waals surface area contributed by atoms with Gasteiger partial charge >= 0.3 is 5.92 Å². The van der Waals surface area contributed by atoms with Crippen molar-refractivity contribution >= 4 is 11.0 Å². The lowest BCUT2D eigenvalue weighted by Gasteiger charge is -2.03. The third-order valence-electron chi connectivity index (χ3n) is 1.80. The van der Waals surface area contributed by atoms with Crippen molar-refractivity contribution in [3.05, 3.63) is 36.1 Å². The molecular weight excluding hydrogens is 174 g/mol. The predicted molar refractivity (Wildman–Crippen MR) is 45.8 cm³/mol. The summed E-state index contributed by atoms with van der Waals surface area (Å²) in [4.78, 5) is 0. The molecule has 3 heteroatoms. The molecule has 0 aliphatic heterocycles. The Morgan fingerprint density at radius 1 is 1.46 bits per heavy atom. The Labute approximate surface area is 75.4 Å². The first-order chi connectivity index (χ1) is 6.47. The van der Waals surface area contributed by atoms with E-state index in [4.69, 9.17) is 5.79 Å². The van der Waals surface area contributed by atoms with Crippen molar-refractivity contribution in [1.29, 1.82) is 0 Å². The number of furan rings is 1. The van der Waals surface area contributed by atoms with Crippen LogP contribution in [0.2, 0.25) is 0 Å². The lowest BCUT2D eigenvalue weighted by Crippen LogP contribution is -2.04. The average Bonchev–Trinajstić information content (AvgIpc) is 2.45. The minimum absolute atomic E-state index is 0.248. The van der Waals surface area contributed by atoms with Crippen LogP contribution < -0.4 is 0 Å². The lowest BCUT2D eigenvalue weighted by atomic mass is 10.2. The van der Waals surface area contributed by atoms with E-state index in [2.05, 4.69) is 0 Å². The van der Waals surface area contributed by atoms with Crippen molar-refractivity contribution in [2.24, 2.45) is 0 Å². The third kappa shape index (κ3) is 1.41. The summed E-state index contributed by atoms with van der Waals surface area (Å²) < 4.78 is 37.9. The molecule has 0 fully saturated rings. The summed E-state index contributed by atoms with van der Waals surface area (Å²) >= 11 is 0. The quantitative estimate of drug-likeness (QED) is 0.659. The van der Waals surface area contributed by atoms with E-state index in [-0.39, 0.29) is 11.8 Å². The van der Waals surface area contributed by atoms with Crippen LogP contribution in [-0.2, 0) is 5.92 Å². The number of para-hydroxylation sites is 1. The second kappa shape index (κ2) is 2.55. The zero-order valence-electron chi connectivity index (χ0n) is 7.97. The molecule has 2 aromatic rings. The van der Waals surface area contributed by atoms with Crippen molar-refractivity contribution in [3.8, 4) is 0 Å². The number of benzene rings is 1. The fraction of sp³-hybridized carbons (Fsp3) is 0.200. The van der Waals surface area contributed by atoms with Crippen LogP contribution in [-0.4, -0.2) is 0 Å². The minimum atomic E-state index is -2.97. The highest BCUT2D eigenvalue weighted by molar-refractivity contribution is 5.77. The van der Waals surface area contributed by atoms with E-state index in [0.717, 1.165) is 6.92 Å². The Morgan fingerprint density at radius 3 is 2.92 bits per heavy atom. The molecule has 2 rings (SSSR count). The van der Waals surface area contributed by atoms with Crippen LogP contribution in [0.25, 0.3) is 11.0 Å². The first kappa shape index (κ1) is 7.06. The molecule has 1 aromatic carbocycles. The normalized spacial score (nSPS) is 13.3. The van der Waals surface area contributed by atoms with E-state index < -0.39 is 5.92 Å². The van der Waals surface area contributed by atoms with Crippen molar-refractivity contribution in [1.82, 2.24) is 0 Å². The van der Waals surface area contributed by atoms with Gasteiger partial charge in [-0.05, 0) is 12.1 Å². The maximum Gasteiger partial charge on any atom is 0.301 e. The standard InChI is InChI=1S/C10H8F2O/c1-10(11,12)9-6-7-4-2-3-5-8(7)13-9/h2-6H,1H3/i3D. The van der Waals surface area contributed by atoms with Crippen molar-refractivity contribution in [2.45, 2.75) is 12.8 Å². The van der Waals surface area contributed by atoms with Gasteiger partial charge < -0.3 is 4.42 Å². The smallest absolute Gasteiger partial charge is 0.301 e. The number of fused-ring (bicyclic) bond motifs is 1. The zero-order valence-corrected chi connectivity index (χ0v) is 6.97. The van der Waals surface area contributed by atoms with Crippen molar-refractivity contribution in [2.75, 3.05) is 0 Å². The first-order valence-corrected chi connectivity index (χ1v) is 3.85. The second-order valence-electron chi connectivity index (χ2n) is 2.96. The third-order valence-corrected chi connectivity index (χ3v) is 1.80. The highest BCUT2D eigenvalue weighted by Gasteiger charge is 2.28. The molecule has 0 bridgehead atoms. The molecule has 1 nitrogen and oxygen atoms in total. The molecular formula is C10H8F2O. The van der Waals surface area contributed by atoms with Crippen LogP contribution >= 0.6 is 0 Å². The maximum absolute atomic E-state index is 12.9. The summed E-state index contributed by atoms with van der Waals surface area (Å²) in [5.74, 6) is -3.33. The van der Waals surface area contributed by atoms with Crippen LogP contribution in [0, 0.1) is 0 Å². The van der Waals surface area contributed by atoms with Crippen LogP contribution in [0.5, 0.6) is 0 Å². The van der Waals surface area contributed by atoms with Gasteiger partial charge in [0.1, 0.15) is 5.58 Å². The monoisotopic (exact) mass is 183 g/mol. The molecule has 1 aromatic heterocycles. The summed E-state index contributed by atoms with van der Waals surface area (Å²) in [7, 11) is 0. The SMILES string of the molecule is [2H]c1ccc2cc(C(C)(F)F)oc2c1. The first-order valence-electron chi connectivity index (χ1n) is 4.35. The van der Waals surface area contributed by atoms with E-state index in [0.29, 0.717) is 11.0 Å². The molecule has 0 saturated carbocycles. The van der Waals surface area contributed by atoms with Gasteiger partial charge in [-0.1, -0.05) is 18.2 Å². The Kier molecular flexibility index (Phi) is 1.39. The molecule has 1 heterocycles. The number of alkyl halides is 2. The van der Waals surface area contributed by atoms with Gasteiger partial charge in [0, 0.05) is 12.3 Å². The molecule has 0 radical (unpaired) electrons. The van der Waals surface area contributed by atoms with Crippen LogP contribution in [0.3, 0.4) is 0 Å². The predicted octanol–water partition coefficient (Wildman–Crippen LogP) is 3.54. The molecule has 0 aliphatic rings. The molecule has 0 aliphatic carbocycles. The summed E-state index contributed by atoms with van der Waals surface area (Å²) in [6.45, 7) is 0.784. The van der Waals surface area contributed by atoms with Crippen molar-refractivity contribution < 1.29 is 14.6 Å². The highest BCUT2D eigenvalue weighted by Crippen LogP contribution is 2.31. The fourth-order valence-corrected chi connectivity index (χ4v) is 1.14. The van der Waals surface area contributed by atoms with Gasteiger partial charge in [0.05, 0.1) is 1.37 Å². The second-order valence-corrected chi connectivity index (χ2v) is 2.96. The number of hydrogen-bond acceptors (Lipinski definition) is 1. The summed E-state index contributed by atoms with van der Waals surface area (Å²) in [5.41, 5.74) is 0.328. The zero-order chi connectivity index (χ0) is 10.3. The molecule has 0 N–H and O–H groups in total. The van der Waals surface area contributed by atoms with Gasteiger partial charge in [-0.2, -0.15) is 8.78 Å². The van der Waals surface area contributed by atoms with Gasteiger partial charge in [0.25, 0.3) is 0 Å². The van der Waals surface area contributed by atoms with E-state index in [1.165, 1.54) is 18.2 Å². The lowest BCUT2D eigenvalue weighted by molar-refractivity contribution is -0.00382. The van der Waals surface area contributed by atoms with Gasteiger partial charge in [0.15, 0.2) is 5.76 Å². The largest absolute Gasteiger partial charge is 0.455 e. The van der Waals surface area contributed by atoms with Gasteiger partial charge in [-0.3, -0.25) is 0 Å². The Morgan fingerprint density at radius 2 is 2.23 bits per heavy atom. The number of halogens is 2. The summed E-state index contributed by atoms with van der Waals surface area (Å²) in [6, 6.07) is 6.10. The van der Waals surface area contributed by atoms with Crippen LogP contribution in [0.1, 0.15) is 14.1 Å². The highest BCUT2D eigenvalue weighted by atomic mass is 19.3. The topological polar surface area (TPSA) is 13.1 Å². The van der Waals surface area contributed by atoms with E-state index in [9.17, 15) is 8.78 Å². The average molecular weight is 183 g/mol. The Bertz CT molecular complexity index is 470. The maximum atomic E-state index is 12.9. The summed E-state index contributed by atoms with van der Waals surface area (Å²) in [6.07, 6.45) is 0. The van der Waals surface area contributed by atoms with Crippen LogP contribution in [0.15, 0.2) is 34.7 Å². The van der Waals surface area contributed by atoms with Gasteiger partial charge in [-0.25, -0.2) is 0 Å². The fourth-order valence-electron chi connectivity index (χ4n) is 1.14. The Balaban J connectivity index is 2.63. The molecule has 0 spiro atoms. The van der Waals surface area contributed by atoms with E-state index >= 15 is 0 Å². The molecule has 0 saturated heterocycles. The number of hydrogen-bond donors (Lipinski definition) is 0. The van der Waals surface area contributed by atoms with Gasteiger partial charge in [0.2, 0.25) is 0 Å². The molecule has 0 amide bonds. The van der Waals surface area contributed by atoms with Gasteiger partial charge in [-0.15, -0.1) is 0 Å². The van der Waals surface area contributed by atoms with Crippen molar-refractivity contribution in [3.63, 3.8) is 0 Å². The van der Waals surface area contributed by atoms with Crippen LogP contribution in [0.4, 0.5) is 8.78 Å². The van der Waals surface area contributed by atoms with E-state index in [1.54, 1.807) is 6.07 Å².